The molecular weight excluding hydrogens is 252 g/mol. The van der Waals surface area contributed by atoms with E-state index in [-0.39, 0.29) is 11.9 Å². The molecule has 2 fully saturated rings. The maximum absolute atomic E-state index is 11.7. The van der Waals surface area contributed by atoms with Gasteiger partial charge in [-0.2, -0.15) is 0 Å². The molecule has 2 rings (SSSR count). The van der Waals surface area contributed by atoms with E-state index in [2.05, 4.69) is 17.3 Å². The molecule has 0 spiro atoms. The first-order chi connectivity index (χ1) is 9.69. The van der Waals surface area contributed by atoms with Gasteiger partial charge in [0.25, 0.3) is 0 Å². The van der Waals surface area contributed by atoms with Crippen molar-refractivity contribution < 1.29 is 9.53 Å². The van der Waals surface area contributed by atoms with Crippen molar-refractivity contribution in [3.63, 3.8) is 0 Å². The van der Waals surface area contributed by atoms with Gasteiger partial charge in [0.05, 0.1) is 12.5 Å². The van der Waals surface area contributed by atoms with Crippen molar-refractivity contribution in [1.82, 2.24) is 10.2 Å². The molecule has 2 aliphatic rings. The van der Waals surface area contributed by atoms with Crippen LogP contribution in [0, 0.1) is 5.92 Å². The lowest BCUT2D eigenvalue weighted by Gasteiger charge is -2.31. The monoisotopic (exact) mass is 282 g/mol. The van der Waals surface area contributed by atoms with Gasteiger partial charge < -0.3 is 15.0 Å². The SMILES string of the molecule is CCOC(=O)C1CCC(NC2CCCN(C)CC2)CC1. The zero-order valence-corrected chi connectivity index (χ0v) is 13.1. The summed E-state index contributed by atoms with van der Waals surface area (Å²) in [5, 5.41) is 3.83. The molecule has 1 aliphatic heterocycles. The van der Waals surface area contributed by atoms with Crippen LogP contribution in [0.15, 0.2) is 0 Å². The van der Waals surface area contributed by atoms with Crippen LogP contribution in [0.1, 0.15) is 51.9 Å². The van der Waals surface area contributed by atoms with E-state index in [4.69, 9.17) is 4.74 Å². The van der Waals surface area contributed by atoms with Crippen LogP contribution in [0.2, 0.25) is 0 Å². The largest absolute Gasteiger partial charge is 0.466 e. The highest BCUT2D eigenvalue weighted by atomic mass is 16.5. The topological polar surface area (TPSA) is 41.6 Å². The van der Waals surface area contributed by atoms with Crippen molar-refractivity contribution in [2.75, 3.05) is 26.7 Å². The number of hydrogen-bond donors (Lipinski definition) is 1. The van der Waals surface area contributed by atoms with Gasteiger partial charge in [0.1, 0.15) is 0 Å². The lowest BCUT2D eigenvalue weighted by Crippen LogP contribution is -2.41. The maximum atomic E-state index is 11.7. The van der Waals surface area contributed by atoms with Crippen molar-refractivity contribution in [3.05, 3.63) is 0 Å². The molecule has 0 aromatic rings. The Labute approximate surface area is 123 Å². The van der Waals surface area contributed by atoms with Gasteiger partial charge in [-0.1, -0.05) is 0 Å². The number of nitrogens with one attached hydrogen (secondary N) is 1. The lowest BCUT2D eigenvalue weighted by atomic mass is 9.85. The zero-order valence-electron chi connectivity index (χ0n) is 13.1. The minimum absolute atomic E-state index is 0.0158. The zero-order chi connectivity index (χ0) is 14.4. The highest BCUT2D eigenvalue weighted by molar-refractivity contribution is 5.72. The molecule has 1 saturated heterocycles. The molecule has 1 N–H and O–H groups in total. The van der Waals surface area contributed by atoms with E-state index in [9.17, 15) is 4.79 Å². The molecule has 0 radical (unpaired) electrons. The summed E-state index contributed by atoms with van der Waals surface area (Å²) in [5.41, 5.74) is 0. The lowest BCUT2D eigenvalue weighted by molar-refractivity contribution is -0.149. The van der Waals surface area contributed by atoms with Crippen LogP contribution in [0.4, 0.5) is 0 Å². The van der Waals surface area contributed by atoms with Crippen LogP contribution >= 0.6 is 0 Å². The standard InChI is InChI=1S/C16H30N2O2/c1-3-20-16(19)13-6-8-15(9-7-13)17-14-5-4-11-18(2)12-10-14/h13-15,17H,3-12H2,1-2H3. The summed E-state index contributed by atoms with van der Waals surface area (Å²) >= 11 is 0. The predicted octanol–water partition coefficient (Wildman–Crippen LogP) is 2.18. The molecule has 1 unspecified atom stereocenters. The van der Waals surface area contributed by atoms with E-state index in [1.807, 2.05) is 6.92 Å². The van der Waals surface area contributed by atoms with Gasteiger partial charge in [-0.15, -0.1) is 0 Å². The molecule has 0 bridgehead atoms. The molecule has 1 atom stereocenters. The van der Waals surface area contributed by atoms with Gasteiger partial charge in [0, 0.05) is 12.1 Å². The van der Waals surface area contributed by atoms with Crippen molar-refractivity contribution in [1.29, 1.82) is 0 Å². The summed E-state index contributed by atoms with van der Waals surface area (Å²) in [4.78, 5) is 14.2. The summed E-state index contributed by atoms with van der Waals surface area (Å²) in [6.45, 7) is 4.82. The molecule has 4 heteroatoms. The third kappa shape index (κ3) is 4.74. The van der Waals surface area contributed by atoms with Crippen molar-refractivity contribution in [3.8, 4) is 0 Å². The number of hydrogen-bond acceptors (Lipinski definition) is 4. The van der Waals surface area contributed by atoms with Crippen molar-refractivity contribution in [2.24, 2.45) is 5.92 Å². The average Bonchev–Trinajstić information content (AvgIpc) is 2.65. The van der Waals surface area contributed by atoms with Gasteiger partial charge >= 0.3 is 5.97 Å². The number of esters is 1. The molecule has 0 aromatic carbocycles. The first-order valence-electron chi connectivity index (χ1n) is 8.30. The smallest absolute Gasteiger partial charge is 0.308 e. The van der Waals surface area contributed by atoms with Gasteiger partial charge in [-0.25, -0.2) is 0 Å². The highest BCUT2D eigenvalue weighted by Gasteiger charge is 2.28. The average molecular weight is 282 g/mol. The minimum atomic E-state index is 0.0158. The highest BCUT2D eigenvalue weighted by Crippen LogP contribution is 2.26. The fourth-order valence-corrected chi connectivity index (χ4v) is 3.50. The fourth-order valence-electron chi connectivity index (χ4n) is 3.50. The summed E-state index contributed by atoms with van der Waals surface area (Å²) in [6, 6.07) is 1.28. The number of carbonyl (C=O) groups excluding carboxylic acids is 1. The second kappa shape index (κ2) is 7.99. The number of nitrogens with zero attached hydrogens (tertiary/aromatic N) is 1. The Kier molecular flexibility index (Phi) is 6.30. The van der Waals surface area contributed by atoms with E-state index in [0.29, 0.717) is 18.7 Å². The molecule has 0 amide bonds. The Morgan fingerprint density at radius 2 is 1.80 bits per heavy atom. The summed E-state index contributed by atoms with van der Waals surface area (Å²) in [5.74, 6) is 0.162. The number of carbonyl (C=O) groups is 1. The summed E-state index contributed by atoms with van der Waals surface area (Å²) in [6.07, 6.45) is 8.07. The Bertz CT molecular complexity index is 301. The second-order valence-electron chi connectivity index (χ2n) is 6.40. The van der Waals surface area contributed by atoms with Crippen molar-refractivity contribution >= 4 is 5.97 Å². The van der Waals surface area contributed by atoms with Crippen LogP contribution in [0.25, 0.3) is 0 Å². The predicted molar refractivity (Wildman–Crippen MR) is 80.7 cm³/mol. The Morgan fingerprint density at radius 3 is 2.50 bits per heavy atom. The Morgan fingerprint density at radius 1 is 1.10 bits per heavy atom. The molecule has 4 nitrogen and oxygen atoms in total. The van der Waals surface area contributed by atoms with E-state index < -0.39 is 0 Å². The van der Waals surface area contributed by atoms with Crippen LogP contribution in [-0.4, -0.2) is 49.7 Å². The molecule has 116 valence electrons. The van der Waals surface area contributed by atoms with Gasteiger partial charge in [-0.05, 0) is 72.0 Å². The van der Waals surface area contributed by atoms with Crippen LogP contribution in [-0.2, 0) is 9.53 Å². The number of likely N-dealkylation sites (tertiary alicyclic amines) is 1. The number of rotatable bonds is 4. The van der Waals surface area contributed by atoms with E-state index in [0.717, 1.165) is 25.7 Å². The van der Waals surface area contributed by atoms with Gasteiger partial charge in [-0.3, -0.25) is 4.79 Å². The van der Waals surface area contributed by atoms with Crippen LogP contribution < -0.4 is 5.32 Å². The first kappa shape index (κ1) is 15.8. The first-order valence-corrected chi connectivity index (χ1v) is 8.30. The summed E-state index contributed by atoms with van der Waals surface area (Å²) < 4.78 is 5.13. The third-order valence-electron chi connectivity index (χ3n) is 4.77. The quantitative estimate of drug-likeness (QED) is 0.803. The number of ether oxygens (including phenoxy) is 1. The van der Waals surface area contributed by atoms with E-state index in [1.165, 1.54) is 32.4 Å². The Hall–Kier alpha value is -0.610. The second-order valence-corrected chi connectivity index (χ2v) is 6.40. The maximum Gasteiger partial charge on any atom is 0.308 e. The van der Waals surface area contributed by atoms with Crippen molar-refractivity contribution in [2.45, 2.75) is 64.0 Å². The normalized spacial score (nSPS) is 32.6. The molecule has 1 saturated carbocycles. The molecule has 20 heavy (non-hydrogen) atoms. The molecule has 1 aliphatic carbocycles. The Balaban J connectivity index is 1.70. The minimum Gasteiger partial charge on any atom is -0.466 e. The van der Waals surface area contributed by atoms with E-state index >= 15 is 0 Å². The molecule has 0 aromatic heterocycles. The van der Waals surface area contributed by atoms with Crippen LogP contribution in [0.5, 0.6) is 0 Å². The fraction of sp³-hybridized carbons (Fsp3) is 0.938. The van der Waals surface area contributed by atoms with E-state index in [1.54, 1.807) is 0 Å². The summed E-state index contributed by atoms with van der Waals surface area (Å²) in [7, 11) is 2.22. The molecular formula is C16H30N2O2. The molecule has 1 heterocycles. The van der Waals surface area contributed by atoms with Gasteiger partial charge in [0.2, 0.25) is 0 Å². The third-order valence-corrected chi connectivity index (χ3v) is 4.77. The van der Waals surface area contributed by atoms with Gasteiger partial charge in [0.15, 0.2) is 0 Å². The van der Waals surface area contributed by atoms with Crippen LogP contribution in [0.3, 0.4) is 0 Å².